The Morgan fingerprint density at radius 2 is 1.96 bits per heavy atom. The maximum absolute atomic E-state index is 12.8. The number of hydrogen-bond acceptors (Lipinski definition) is 6. The third-order valence-electron chi connectivity index (χ3n) is 4.75. The number of amides is 1. The van der Waals surface area contributed by atoms with Gasteiger partial charge in [0.15, 0.2) is 0 Å². The van der Waals surface area contributed by atoms with E-state index >= 15 is 0 Å². The molecule has 3 rings (SSSR count). The standard InChI is InChI=1S/C18H23N5O3/c1-13-10-21(16-6-4-15(5-7-16)18(25)26-3)8-9-22(13)17(24)14(2)23-12-19-11-20-23/h4-7,11-14H,8-10H2,1-3H3/t13-,14+/m0/s1. The summed E-state index contributed by atoms with van der Waals surface area (Å²) in [5, 5.41) is 4.06. The number of piperazine rings is 1. The molecule has 0 N–H and O–H groups in total. The van der Waals surface area contributed by atoms with E-state index in [1.807, 2.05) is 30.9 Å². The summed E-state index contributed by atoms with van der Waals surface area (Å²) >= 11 is 0. The van der Waals surface area contributed by atoms with Crippen molar-refractivity contribution in [2.24, 2.45) is 0 Å². The van der Waals surface area contributed by atoms with Gasteiger partial charge >= 0.3 is 5.97 Å². The lowest BCUT2D eigenvalue weighted by molar-refractivity contribution is -0.137. The van der Waals surface area contributed by atoms with E-state index in [2.05, 4.69) is 15.0 Å². The summed E-state index contributed by atoms with van der Waals surface area (Å²) in [5.41, 5.74) is 1.56. The summed E-state index contributed by atoms with van der Waals surface area (Å²) in [6.07, 6.45) is 3.00. The van der Waals surface area contributed by atoms with E-state index in [0.717, 1.165) is 18.8 Å². The minimum atomic E-state index is -0.370. The van der Waals surface area contributed by atoms with Crippen LogP contribution in [0.15, 0.2) is 36.9 Å². The Morgan fingerprint density at radius 1 is 1.23 bits per heavy atom. The van der Waals surface area contributed by atoms with Gasteiger partial charge in [0.1, 0.15) is 18.7 Å². The minimum absolute atomic E-state index is 0.0451. The Hall–Kier alpha value is -2.90. The van der Waals surface area contributed by atoms with Crippen molar-refractivity contribution >= 4 is 17.6 Å². The first-order valence-corrected chi connectivity index (χ1v) is 8.59. The summed E-state index contributed by atoms with van der Waals surface area (Å²) in [5.74, 6) is -0.300. The Bertz CT molecular complexity index is 760. The van der Waals surface area contributed by atoms with Crippen molar-refractivity contribution in [2.75, 3.05) is 31.6 Å². The van der Waals surface area contributed by atoms with Gasteiger partial charge in [-0.25, -0.2) is 14.5 Å². The van der Waals surface area contributed by atoms with Crippen molar-refractivity contribution in [3.8, 4) is 0 Å². The number of rotatable bonds is 4. The number of hydrogen-bond donors (Lipinski definition) is 0. The van der Waals surface area contributed by atoms with E-state index in [9.17, 15) is 9.59 Å². The molecular weight excluding hydrogens is 334 g/mol. The molecule has 1 amide bonds. The van der Waals surface area contributed by atoms with E-state index in [0.29, 0.717) is 12.1 Å². The van der Waals surface area contributed by atoms with Crippen LogP contribution in [0.5, 0.6) is 0 Å². The number of methoxy groups -OCH3 is 1. The fourth-order valence-corrected chi connectivity index (χ4v) is 3.22. The van der Waals surface area contributed by atoms with Crippen LogP contribution in [0.25, 0.3) is 0 Å². The molecule has 1 saturated heterocycles. The number of nitrogens with zero attached hydrogens (tertiary/aromatic N) is 5. The van der Waals surface area contributed by atoms with Gasteiger partial charge in [0.05, 0.1) is 12.7 Å². The molecule has 2 heterocycles. The highest BCUT2D eigenvalue weighted by atomic mass is 16.5. The molecule has 0 bridgehead atoms. The fraction of sp³-hybridized carbons (Fsp3) is 0.444. The molecule has 1 fully saturated rings. The van der Waals surface area contributed by atoms with Crippen molar-refractivity contribution in [2.45, 2.75) is 25.9 Å². The number of aromatic nitrogens is 3. The molecule has 2 atom stereocenters. The lowest BCUT2D eigenvalue weighted by Gasteiger charge is -2.41. The predicted octanol–water partition coefficient (Wildman–Crippen LogP) is 1.36. The van der Waals surface area contributed by atoms with E-state index in [1.165, 1.54) is 13.4 Å². The molecule has 1 aliphatic heterocycles. The highest BCUT2D eigenvalue weighted by molar-refractivity contribution is 5.89. The quantitative estimate of drug-likeness (QED) is 0.769. The maximum Gasteiger partial charge on any atom is 0.337 e. The molecule has 8 heteroatoms. The Labute approximate surface area is 152 Å². The van der Waals surface area contributed by atoms with E-state index in [1.54, 1.807) is 23.1 Å². The smallest absolute Gasteiger partial charge is 0.337 e. The molecule has 26 heavy (non-hydrogen) atoms. The van der Waals surface area contributed by atoms with E-state index < -0.39 is 0 Å². The highest BCUT2D eigenvalue weighted by Crippen LogP contribution is 2.22. The van der Waals surface area contributed by atoms with Gasteiger partial charge in [0.2, 0.25) is 5.91 Å². The second kappa shape index (κ2) is 7.55. The van der Waals surface area contributed by atoms with E-state index in [4.69, 9.17) is 4.74 Å². The van der Waals surface area contributed by atoms with Crippen LogP contribution in [-0.2, 0) is 9.53 Å². The third kappa shape index (κ3) is 3.54. The van der Waals surface area contributed by atoms with Gasteiger partial charge in [-0.1, -0.05) is 0 Å². The summed E-state index contributed by atoms with van der Waals surface area (Å²) < 4.78 is 6.30. The normalized spacial score (nSPS) is 18.5. The Balaban J connectivity index is 1.64. The number of carbonyl (C=O) groups is 2. The van der Waals surface area contributed by atoms with Gasteiger partial charge < -0.3 is 14.5 Å². The zero-order valence-electron chi connectivity index (χ0n) is 15.2. The van der Waals surface area contributed by atoms with Crippen molar-refractivity contribution in [1.29, 1.82) is 0 Å². The molecule has 2 aromatic rings. The average Bonchev–Trinajstić information content (AvgIpc) is 3.21. The van der Waals surface area contributed by atoms with Gasteiger partial charge in [-0.15, -0.1) is 0 Å². The van der Waals surface area contributed by atoms with Crippen molar-refractivity contribution in [1.82, 2.24) is 19.7 Å². The van der Waals surface area contributed by atoms with Crippen molar-refractivity contribution < 1.29 is 14.3 Å². The van der Waals surface area contributed by atoms with Crippen molar-refractivity contribution in [3.63, 3.8) is 0 Å². The van der Waals surface area contributed by atoms with Crippen LogP contribution in [0.2, 0.25) is 0 Å². The Kier molecular flexibility index (Phi) is 5.20. The third-order valence-corrected chi connectivity index (χ3v) is 4.75. The molecule has 0 unspecified atom stereocenters. The SMILES string of the molecule is COC(=O)c1ccc(N2CCN(C(=O)[C@@H](C)n3cncn3)[C@@H](C)C2)cc1. The second-order valence-electron chi connectivity index (χ2n) is 6.42. The van der Waals surface area contributed by atoms with Gasteiger partial charge in [0.25, 0.3) is 0 Å². The van der Waals surface area contributed by atoms with Crippen LogP contribution in [0.4, 0.5) is 5.69 Å². The molecule has 138 valence electrons. The zero-order chi connectivity index (χ0) is 18.7. The molecule has 0 saturated carbocycles. The minimum Gasteiger partial charge on any atom is -0.465 e. The lowest BCUT2D eigenvalue weighted by Crippen LogP contribution is -2.55. The first kappa shape index (κ1) is 17.9. The predicted molar refractivity (Wildman–Crippen MR) is 95.9 cm³/mol. The van der Waals surface area contributed by atoms with Gasteiger partial charge in [-0.3, -0.25) is 4.79 Å². The van der Waals surface area contributed by atoms with Gasteiger partial charge in [-0.2, -0.15) is 5.10 Å². The van der Waals surface area contributed by atoms with Crippen molar-refractivity contribution in [3.05, 3.63) is 42.5 Å². The number of carbonyl (C=O) groups excluding carboxylic acids is 2. The van der Waals surface area contributed by atoms with Crippen LogP contribution in [-0.4, -0.2) is 64.3 Å². The van der Waals surface area contributed by atoms with Crippen LogP contribution >= 0.6 is 0 Å². The first-order valence-electron chi connectivity index (χ1n) is 8.59. The molecule has 0 radical (unpaired) electrons. The molecular formula is C18H23N5O3. The molecule has 1 aliphatic rings. The van der Waals surface area contributed by atoms with Crippen LogP contribution in [0.1, 0.15) is 30.2 Å². The topological polar surface area (TPSA) is 80.6 Å². The zero-order valence-corrected chi connectivity index (χ0v) is 15.2. The number of ether oxygens (including phenoxy) is 1. The number of anilines is 1. The lowest BCUT2D eigenvalue weighted by atomic mass is 10.1. The molecule has 0 aliphatic carbocycles. The van der Waals surface area contributed by atoms with E-state index in [-0.39, 0.29) is 24.0 Å². The highest BCUT2D eigenvalue weighted by Gasteiger charge is 2.31. The second-order valence-corrected chi connectivity index (χ2v) is 6.42. The van der Waals surface area contributed by atoms with Crippen LogP contribution in [0.3, 0.4) is 0 Å². The van der Waals surface area contributed by atoms with Gasteiger partial charge in [0, 0.05) is 31.4 Å². The summed E-state index contributed by atoms with van der Waals surface area (Å²) in [6.45, 7) is 5.98. The number of esters is 1. The molecule has 1 aromatic carbocycles. The first-order chi connectivity index (χ1) is 12.5. The summed E-state index contributed by atoms with van der Waals surface area (Å²) in [6, 6.07) is 7.04. The summed E-state index contributed by atoms with van der Waals surface area (Å²) in [7, 11) is 1.37. The number of benzene rings is 1. The Morgan fingerprint density at radius 3 is 2.54 bits per heavy atom. The fourth-order valence-electron chi connectivity index (χ4n) is 3.22. The largest absolute Gasteiger partial charge is 0.465 e. The maximum atomic E-state index is 12.8. The van der Waals surface area contributed by atoms with Gasteiger partial charge in [-0.05, 0) is 38.1 Å². The van der Waals surface area contributed by atoms with Crippen LogP contribution in [0, 0.1) is 0 Å². The molecule has 8 nitrogen and oxygen atoms in total. The molecule has 0 spiro atoms. The average molecular weight is 357 g/mol. The monoisotopic (exact) mass is 357 g/mol. The summed E-state index contributed by atoms with van der Waals surface area (Å²) in [4.78, 5) is 32.3. The van der Waals surface area contributed by atoms with Crippen LogP contribution < -0.4 is 4.90 Å². The molecule has 1 aromatic heterocycles.